The molecule has 4 rings (SSSR count). The second kappa shape index (κ2) is 9.13. The number of hydrogen-bond donors (Lipinski definition) is 2. The van der Waals surface area contributed by atoms with Gasteiger partial charge in [0.15, 0.2) is 5.56 Å². The van der Waals surface area contributed by atoms with Crippen LogP contribution < -0.4 is 10.9 Å². The number of amides is 2. The summed E-state index contributed by atoms with van der Waals surface area (Å²) in [7, 11) is 1.52. The van der Waals surface area contributed by atoms with Gasteiger partial charge in [-0.25, -0.2) is 0 Å². The van der Waals surface area contributed by atoms with E-state index in [0.717, 1.165) is 17.4 Å². The lowest BCUT2D eigenvalue weighted by molar-refractivity contribution is -0.129. The van der Waals surface area contributed by atoms with Crippen molar-refractivity contribution in [3.63, 3.8) is 0 Å². The Balaban J connectivity index is 1.76. The lowest BCUT2D eigenvalue weighted by Crippen LogP contribution is -2.39. The average molecular weight is 445 g/mol. The van der Waals surface area contributed by atoms with E-state index in [4.69, 9.17) is 9.47 Å². The molecule has 11 heteroatoms. The van der Waals surface area contributed by atoms with Crippen LogP contribution in [0.5, 0.6) is 5.88 Å². The topological polar surface area (TPSA) is 127 Å². The minimum atomic E-state index is -0.647. The molecule has 0 radical (unpaired) electrons. The van der Waals surface area contributed by atoms with Crippen molar-refractivity contribution < 1.29 is 24.2 Å². The summed E-state index contributed by atoms with van der Waals surface area (Å²) in [5.41, 5.74) is -0.288. The summed E-state index contributed by atoms with van der Waals surface area (Å²) in [5.74, 6) is -1.36. The number of rotatable bonds is 7. The maximum Gasteiger partial charge on any atom is 0.270 e. The van der Waals surface area contributed by atoms with Crippen molar-refractivity contribution in [2.45, 2.75) is 38.5 Å². The largest absolute Gasteiger partial charge is 0.492 e. The lowest BCUT2D eigenvalue weighted by atomic mass is 10.2. The molecule has 1 saturated carbocycles. The molecule has 32 heavy (non-hydrogen) atoms. The number of nitrogens with one attached hydrogen (secondary N) is 1. The molecule has 1 unspecified atom stereocenters. The predicted molar refractivity (Wildman–Crippen MR) is 115 cm³/mol. The predicted octanol–water partition coefficient (Wildman–Crippen LogP) is 0.000700. The molecule has 0 aromatic carbocycles. The Labute approximate surface area is 184 Å². The van der Waals surface area contributed by atoms with Crippen LogP contribution in [0.1, 0.15) is 35.7 Å². The highest BCUT2D eigenvalue weighted by molar-refractivity contribution is 5.97. The maximum atomic E-state index is 13.3. The molecule has 0 spiro atoms. The summed E-state index contributed by atoms with van der Waals surface area (Å²) in [5, 5.41) is 17.6. The SMILES string of the molecule is COC(C)Cn1c(=O)c(C(=O)NC2CC2)c(O)n2ncc(/C=C/C(=O)N3CCOCC3)c12. The number of carbonyl (C=O) groups excluding carboxylic acids is 2. The fourth-order valence-corrected chi connectivity index (χ4v) is 3.57. The van der Waals surface area contributed by atoms with E-state index < -0.39 is 17.3 Å². The van der Waals surface area contributed by atoms with Gasteiger partial charge in [0, 0.05) is 37.9 Å². The number of hydrogen-bond acceptors (Lipinski definition) is 7. The van der Waals surface area contributed by atoms with Crippen LogP contribution >= 0.6 is 0 Å². The van der Waals surface area contributed by atoms with Crippen LogP contribution in [0.4, 0.5) is 0 Å². The summed E-state index contributed by atoms with van der Waals surface area (Å²) < 4.78 is 13.1. The normalized spacial score (nSPS) is 17.8. The molecule has 2 aromatic rings. The van der Waals surface area contributed by atoms with E-state index in [0.29, 0.717) is 31.9 Å². The minimum absolute atomic E-state index is 0.0191. The first-order valence-electron chi connectivity index (χ1n) is 10.6. The average Bonchev–Trinajstić information content (AvgIpc) is 3.50. The second-order valence-corrected chi connectivity index (χ2v) is 8.01. The number of ether oxygens (including phenoxy) is 2. The molecule has 2 fully saturated rings. The third kappa shape index (κ3) is 4.39. The van der Waals surface area contributed by atoms with Gasteiger partial charge >= 0.3 is 0 Å². The zero-order valence-corrected chi connectivity index (χ0v) is 18.1. The summed E-state index contributed by atoms with van der Waals surface area (Å²) in [6, 6.07) is 0.0191. The first-order valence-corrected chi connectivity index (χ1v) is 10.6. The van der Waals surface area contributed by atoms with Gasteiger partial charge in [0.25, 0.3) is 11.5 Å². The number of methoxy groups -OCH3 is 1. The van der Waals surface area contributed by atoms with E-state index in [-0.39, 0.29) is 35.8 Å². The second-order valence-electron chi connectivity index (χ2n) is 8.01. The van der Waals surface area contributed by atoms with Crippen LogP contribution in [0, 0.1) is 0 Å². The summed E-state index contributed by atoms with van der Waals surface area (Å²) >= 11 is 0. The van der Waals surface area contributed by atoms with Crippen molar-refractivity contribution in [3.8, 4) is 5.88 Å². The molecule has 1 aliphatic heterocycles. The molecule has 1 aliphatic carbocycles. The zero-order valence-electron chi connectivity index (χ0n) is 18.1. The Morgan fingerprint density at radius 1 is 1.38 bits per heavy atom. The van der Waals surface area contributed by atoms with Crippen LogP contribution in [0.15, 0.2) is 17.1 Å². The Morgan fingerprint density at radius 2 is 2.09 bits per heavy atom. The molecule has 172 valence electrons. The maximum absolute atomic E-state index is 13.3. The van der Waals surface area contributed by atoms with Gasteiger partial charge in [0.2, 0.25) is 11.8 Å². The standard InChI is InChI=1S/C21H27N5O6/c1-13(31-2)12-25-19-14(3-6-16(27)24-7-9-32-10-8-24)11-22-26(19)21(30)17(20(25)29)18(28)23-15-4-5-15/h3,6,11,13,15,30H,4-5,7-10,12H2,1-2H3,(H,23,28)/b6-3+. The summed E-state index contributed by atoms with van der Waals surface area (Å²) in [6.07, 6.45) is 5.74. The lowest BCUT2D eigenvalue weighted by Gasteiger charge is -2.25. The molecule has 1 saturated heterocycles. The first-order chi connectivity index (χ1) is 15.4. The van der Waals surface area contributed by atoms with E-state index >= 15 is 0 Å². The molecule has 2 amide bonds. The molecule has 1 atom stereocenters. The molecule has 2 aromatic heterocycles. The highest BCUT2D eigenvalue weighted by Gasteiger charge is 2.30. The molecule has 2 aliphatic rings. The Hall–Kier alpha value is -3.18. The van der Waals surface area contributed by atoms with Gasteiger partial charge in [-0.2, -0.15) is 9.61 Å². The van der Waals surface area contributed by atoms with Crippen molar-refractivity contribution in [3.05, 3.63) is 33.8 Å². The number of aromatic hydroxyl groups is 1. The molecular weight excluding hydrogens is 418 g/mol. The summed E-state index contributed by atoms with van der Waals surface area (Å²) in [6.45, 7) is 3.91. The number of carbonyl (C=O) groups is 2. The van der Waals surface area contributed by atoms with Crippen molar-refractivity contribution in [1.82, 2.24) is 24.4 Å². The molecule has 11 nitrogen and oxygen atoms in total. The third-order valence-corrected chi connectivity index (χ3v) is 5.62. The van der Waals surface area contributed by atoms with Crippen LogP contribution in [-0.2, 0) is 20.8 Å². The summed E-state index contributed by atoms with van der Waals surface area (Å²) in [4.78, 5) is 40.1. The van der Waals surface area contributed by atoms with Gasteiger partial charge in [-0.1, -0.05) is 0 Å². The molecule has 3 heterocycles. The van der Waals surface area contributed by atoms with Crippen molar-refractivity contribution in [2.75, 3.05) is 33.4 Å². The molecule has 2 N–H and O–H groups in total. The van der Waals surface area contributed by atoms with Crippen molar-refractivity contribution in [2.24, 2.45) is 0 Å². The zero-order chi connectivity index (χ0) is 22.8. The van der Waals surface area contributed by atoms with Gasteiger partial charge in [0.1, 0.15) is 5.65 Å². The number of fused-ring (bicyclic) bond motifs is 1. The monoisotopic (exact) mass is 445 g/mol. The van der Waals surface area contributed by atoms with Gasteiger partial charge in [-0.15, -0.1) is 0 Å². The van der Waals surface area contributed by atoms with E-state index in [1.807, 2.05) is 0 Å². The number of aromatic nitrogens is 3. The quantitative estimate of drug-likeness (QED) is 0.574. The Morgan fingerprint density at radius 3 is 2.75 bits per heavy atom. The van der Waals surface area contributed by atoms with Crippen molar-refractivity contribution in [1.29, 1.82) is 0 Å². The highest BCUT2D eigenvalue weighted by Crippen LogP contribution is 2.23. The number of nitrogens with zero attached hydrogens (tertiary/aromatic N) is 4. The van der Waals surface area contributed by atoms with Crippen molar-refractivity contribution >= 4 is 23.5 Å². The van der Waals surface area contributed by atoms with Crippen LogP contribution in [0.25, 0.3) is 11.7 Å². The van der Waals surface area contributed by atoms with E-state index in [1.165, 1.54) is 23.9 Å². The minimum Gasteiger partial charge on any atom is -0.492 e. The smallest absolute Gasteiger partial charge is 0.270 e. The Bertz CT molecular complexity index is 1110. The fourth-order valence-electron chi connectivity index (χ4n) is 3.57. The Kier molecular flexibility index (Phi) is 6.28. The van der Waals surface area contributed by atoms with Gasteiger partial charge < -0.3 is 24.8 Å². The highest BCUT2D eigenvalue weighted by atomic mass is 16.5. The van der Waals surface area contributed by atoms with Crippen LogP contribution in [-0.4, -0.2) is 81.6 Å². The molecular formula is C21H27N5O6. The van der Waals surface area contributed by atoms with Crippen LogP contribution in [0.2, 0.25) is 0 Å². The van der Waals surface area contributed by atoms with E-state index in [1.54, 1.807) is 17.9 Å². The first kappa shape index (κ1) is 22.0. The van der Waals surface area contributed by atoms with E-state index in [2.05, 4.69) is 10.4 Å². The third-order valence-electron chi connectivity index (χ3n) is 5.62. The van der Waals surface area contributed by atoms with Crippen LogP contribution in [0.3, 0.4) is 0 Å². The van der Waals surface area contributed by atoms with Gasteiger partial charge in [-0.3, -0.25) is 19.0 Å². The molecule has 0 bridgehead atoms. The number of morpholine rings is 1. The van der Waals surface area contributed by atoms with E-state index in [9.17, 15) is 19.5 Å². The van der Waals surface area contributed by atoms with Gasteiger partial charge in [-0.05, 0) is 25.8 Å². The van der Waals surface area contributed by atoms with Gasteiger partial charge in [0.05, 0.1) is 32.1 Å². The fraction of sp³-hybridized carbons (Fsp3) is 0.524.